The molecule has 0 aliphatic heterocycles. The summed E-state index contributed by atoms with van der Waals surface area (Å²) in [6.07, 6.45) is 5.37. The average Bonchev–Trinajstić information content (AvgIpc) is 2.47. The van der Waals surface area contributed by atoms with Crippen LogP contribution in [0.4, 0.5) is 0 Å². The van der Waals surface area contributed by atoms with E-state index in [0.29, 0.717) is 18.6 Å². The van der Waals surface area contributed by atoms with Crippen LogP contribution >= 0.6 is 0 Å². The molecule has 1 aromatic rings. The molecule has 0 saturated heterocycles. The predicted octanol–water partition coefficient (Wildman–Crippen LogP) is 3.60. The van der Waals surface area contributed by atoms with E-state index in [0.717, 1.165) is 31.4 Å². The molecule has 0 bridgehead atoms. The summed E-state index contributed by atoms with van der Waals surface area (Å²) >= 11 is 0. The van der Waals surface area contributed by atoms with Crippen LogP contribution in [0.15, 0.2) is 24.3 Å². The molecule has 1 fully saturated rings. The smallest absolute Gasteiger partial charge is 0.162 e. The summed E-state index contributed by atoms with van der Waals surface area (Å²) in [5, 5.41) is 9.93. The van der Waals surface area contributed by atoms with Gasteiger partial charge in [0.25, 0.3) is 0 Å². The zero-order valence-electron chi connectivity index (χ0n) is 12.2. The van der Waals surface area contributed by atoms with Gasteiger partial charge in [-0.25, -0.2) is 0 Å². The Labute approximate surface area is 121 Å². The van der Waals surface area contributed by atoms with Gasteiger partial charge in [0.15, 0.2) is 5.78 Å². The minimum Gasteiger partial charge on any atom is -0.493 e. The number of rotatable bonds is 6. The minimum atomic E-state index is -0.242. The maximum absolute atomic E-state index is 11.9. The molecule has 0 aromatic heterocycles. The van der Waals surface area contributed by atoms with Crippen molar-refractivity contribution in [3.8, 4) is 5.75 Å². The van der Waals surface area contributed by atoms with Crippen molar-refractivity contribution in [3.05, 3.63) is 29.8 Å². The monoisotopic (exact) mass is 276 g/mol. The molecule has 0 radical (unpaired) electrons. The fourth-order valence-electron chi connectivity index (χ4n) is 2.72. The zero-order valence-corrected chi connectivity index (χ0v) is 12.2. The topological polar surface area (TPSA) is 46.5 Å². The standard InChI is InChI=1S/C17H24O3/c1-2-6-16(18)13-8-5-9-15(11-13)20-12-14-7-3-4-10-17(14)19/h5,8-9,11,14,17,19H,2-4,6-7,10,12H2,1H3/t14-,17+/m0/s1. The van der Waals surface area contributed by atoms with E-state index in [1.807, 2.05) is 31.2 Å². The Morgan fingerprint density at radius 2 is 2.15 bits per heavy atom. The predicted molar refractivity (Wildman–Crippen MR) is 79.1 cm³/mol. The molecule has 3 heteroatoms. The van der Waals surface area contributed by atoms with E-state index in [4.69, 9.17) is 4.74 Å². The van der Waals surface area contributed by atoms with E-state index < -0.39 is 0 Å². The molecule has 20 heavy (non-hydrogen) atoms. The molecule has 0 heterocycles. The van der Waals surface area contributed by atoms with Crippen LogP contribution in [0.5, 0.6) is 5.75 Å². The maximum Gasteiger partial charge on any atom is 0.162 e. The number of benzene rings is 1. The maximum atomic E-state index is 11.9. The summed E-state index contributed by atoms with van der Waals surface area (Å²) in [5.41, 5.74) is 0.716. The number of aliphatic hydroxyl groups is 1. The molecule has 1 aliphatic carbocycles. The third-order valence-electron chi connectivity index (χ3n) is 3.97. The third-order valence-corrected chi connectivity index (χ3v) is 3.97. The van der Waals surface area contributed by atoms with Gasteiger partial charge in [-0.2, -0.15) is 0 Å². The fourth-order valence-corrected chi connectivity index (χ4v) is 2.72. The fraction of sp³-hybridized carbons (Fsp3) is 0.588. The van der Waals surface area contributed by atoms with Crippen molar-refractivity contribution in [1.82, 2.24) is 0 Å². The Hall–Kier alpha value is -1.35. The number of carbonyl (C=O) groups excluding carboxylic acids is 1. The lowest BCUT2D eigenvalue weighted by Crippen LogP contribution is -2.29. The van der Waals surface area contributed by atoms with Gasteiger partial charge in [0.2, 0.25) is 0 Å². The number of hydrogen-bond donors (Lipinski definition) is 1. The SMILES string of the molecule is CCCC(=O)c1cccc(OC[C@@H]2CCCC[C@H]2O)c1. The number of ether oxygens (including phenoxy) is 1. The first kappa shape index (κ1) is 15.0. The lowest BCUT2D eigenvalue weighted by Gasteiger charge is -2.27. The van der Waals surface area contributed by atoms with Crippen LogP contribution in [0.2, 0.25) is 0 Å². The van der Waals surface area contributed by atoms with Crippen molar-refractivity contribution >= 4 is 5.78 Å². The lowest BCUT2D eigenvalue weighted by molar-refractivity contribution is 0.0422. The first-order valence-corrected chi connectivity index (χ1v) is 7.65. The number of hydrogen-bond acceptors (Lipinski definition) is 3. The van der Waals surface area contributed by atoms with Gasteiger partial charge in [0.05, 0.1) is 12.7 Å². The van der Waals surface area contributed by atoms with Crippen LogP contribution in [0.3, 0.4) is 0 Å². The van der Waals surface area contributed by atoms with Crippen molar-refractivity contribution in [2.45, 2.75) is 51.6 Å². The quantitative estimate of drug-likeness (QED) is 0.807. The van der Waals surface area contributed by atoms with E-state index in [1.165, 1.54) is 6.42 Å². The molecule has 1 aromatic carbocycles. The normalized spacial score (nSPS) is 22.5. The highest BCUT2D eigenvalue weighted by Gasteiger charge is 2.23. The third kappa shape index (κ3) is 4.07. The van der Waals surface area contributed by atoms with Gasteiger partial charge < -0.3 is 9.84 Å². The van der Waals surface area contributed by atoms with Gasteiger partial charge in [0, 0.05) is 17.9 Å². The number of Topliss-reactive ketones (excluding diaryl/α,β-unsaturated/α-hetero) is 1. The van der Waals surface area contributed by atoms with Crippen molar-refractivity contribution in [2.24, 2.45) is 5.92 Å². The van der Waals surface area contributed by atoms with Gasteiger partial charge >= 0.3 is 0 Å². The van der Waals surface area contributed by atoms with Gasteiger partial charge in [-0.3, -0.25) is 4.79 Å². The van der Waals surface area contributed by atoms with E-state index in [2.05, 4.69) is 0 Å². The zero-order chi connectivity index (χ0) is 14.4. The van der Waals surface area contributed by atoms with Crippen LogP contribution in [0.25, 0.3) is 0 Å². The highest BCUT2D eigenvalue weighted by Crippen LogP contribution is 2.25. The first-order chi connectivity index (χ1) is 9.70. The van der Waals surface area contributed by atoms with Crippen molar-refractivity contribution in [3.63, 3.8) is 0 Å². The van der Waals surface area contributed by atoms with Crippen molar-refractivity contribution in [1.29, 1.82) is 0 Å². The second-order valence-corrected chi connectivity index (χ2v) is 5.62. The van der Waals surface area contributed by atoms with Gasteiger partial charge in [-0.05, 0) is 31.4 Å². The van der Waals surface area contributed by atoms with E-state index in [1.54, 1.807) is 0 Å². The molecule has 2 atom stereocenters. The summed E-state index contributed by atoms with van der Waals surface area (Å²) in [6, 6.07) is 7.38. The van der Waals surface area contributed by atoms with Crippen LogP contribution in [-0.2, 0) is 0 Å². The first-order valence-electron chi connectivity index (χ1n) is 7.65. The van der Waals surface area contributed by atoms with Gasteiger partial charge in [-0.1, -0.05) is 31.9 Å². The summed E-state index contributed by atoms with van der Waals surface area (Å²) in [6.45, 7) is 2.54. The Bertz CT molecular complexity index is 442. The van der Waals surface area contributed by atoms with Gasteiger partial charge in [0.1, 0.15) is 5.75 Å². The van der Waals surface area contributed by atoms with Crippen LogP contribution in [0, 0.1) is 5.92 Å². The highest BCUT2D eigenvalue weighted by molar-refractivity contribution is 5.96. The molecule has 2 rings (SSSR count). The van der Waals surface area contributed by atoms with E-state index in [-0.39, 0.29) is 17.8 Å². The summed E-state index contributed by atoms with van der Waals surface area (Å²) in [7, 11) is 0. The molecule has 0 spiro atoms. The van der Waals surface area contributed by atoms with E-state index >= 15 is 0 Å². The molecular weight excluding hydrogens is 252 g/mol. The molecule has 1 N–H and O–H groups in total. The average molecular weight is 276 g/mol. The minimum absolute atomic E-state index is 0.163. The summed E-state index contributed by atoms with van der Waals surface area (Å²) < 4.78 is 5.77. The molecule has 1 saturated carbocycles. The number of aliphatic hydroxyl groups excluding tert-OH is 1. The lowest BCUT2D eigenvalue weighted by atomic mass is 9.87. The number of ketones is 1. The number of carbonyl (C=O) groups is 1. The second kappa shape index (κ2) is 7.44. The summed E-state index contributed by atoms with van der Waals surface area (Å²) in [5.74, 6) is 1.11. The van der Waals surface area contributed by atoms with Crippen LogP contribution < -0.4 is 4.74 Å². The molecule has 1 aliphatic rings. The molecule has 0 amide bonds. The van der Waals surface area contributed by atoms with Crippen LogP contribution in [-0.4, -0.2) is 23.6 Å². The second-order valence-electron chi connectivity index (χ2n) is 5.62. The Kier molecular flexibility index (Phi) is 5.60. The molecule has 3 nitrogen and oxygen atoms in total. The van der Waals surface area contributed by atoms with Crippen molar-refractivity contribution < 1.29 is 14.6 Å². The summed E-state index contributed by atoms with van der Waals surface area (Å²) in [4.78, 5) is 11.9. The largest absolute Gasteiger partial charge is 0.493 e. The Morgan fingerprint density at radius 1 is 1.35 bits per heavy atom. The van der Waals surface area contributed by atoms with E-state index in [9.17, 15) is 9.90 Å². The van der Waals surface area contributed by atoms with Crippen LogP contribution in [0.1, 0.15) is 55.8 Å². The van der Waals surface area contributed by atoms with Crippen molar-refractivity contribution in [2.75, 3.05) is 6.61 Å². The Morgan fingerprint density at radius 3 is 2.90 bits per heavy atom. The Balaban J connectivity index is 1.92. The molecular formula is C17H24O3. The highest BCUT2D eigenvalue weighted by atomic mass is 16.5. The van der Waals surface area contributed by atoms with Gasteiger partial charge in [-0.15, -0.1) is 0 Å². The molecule has 110 valence electrons. The molecule has 0 unspecified atom stereocenters.